The summed E-state index contributed by atoms with van der Waals surface area (Å²) in [5.74, 6) is 0.0795. The van der Waals surface area contributed by atoms with Gasteiger partial charge in [-0.05, 0) is 40.4 Å². The highest BCUT2D eigenvalue weighted by molar-refractivity contribution is 7.17. The number of aromatic nitrogens is 1. The number of carbonyl (C=O) groups excluding carboxylic acids is 1. The zero-order chi connectivity index (χ0) is 17.2. The van der Waals surface area contributed by atoms with E-state index >= 15 is 0 Å². The Bertz CT molecular complexity index is 1040. The first-order chi connectivity index (χ1) is 12.2. The molecule has 1 N–H and O–H groups in total. The molecule has 0 unspecified atom stereocenters. The third kappa shape index (κ3) is 3.17. The summed E-state index contributed by atoms with van der Waals surface area (Å²) >= 11 is 1.76. The van der Waals surface area contributed by atoms with Crippen molar-refractivity contribution in [2.75, 3.05) is 6.54 Å². The van der Waals surface area contributed by atoms with E-state index in [1.165, 1.54) is 15.6 Å². The molecule has 2 heterocycles. The van der Waals surface area contributed by atoms with Crippen molar-refractivity contribution in [1.29, 1.82) is 0 Å². The van der Waals surface area contributed by atoms with Crippen LogP contribution in [-0.4, -0.2) is 17.0 Å². The summed E-state index contributed by atoms with van der Waals surface area (Å²) in [6.07, 6.45) is 3.34. The van der Waals surface area contributed by atoms with Gasteiger partial charge in [-0.2, -0.15) is 0 Å². The Kier molecular flexibility index (Phi) is 4.28. The Morgan fingerprint density at radius 1 is 1.04 bits per heavy atom. The van der Waals surface area contributed by atoms with Crippen LogP contribution in [0.25, 0.3) is 21.0 Å². The SMILES string of the molecule is Cn1cc(CC(=O)NCCc2csc3ccccc23)c2ccccc21. The van der Waals surface area contributed by atoms with Crippen LogP contribution in [0, 0.1) is 0 Å². The van der Waals surface area contributed by atoms with Crippen LogP contribution >= 0.6 is 11.3 Å². The van der Waals surface area contributed by atoms with Crippen molar-refractivity contribution >= 4 is 38.2 Å². The summed E-state index contributed by atoms with van der Waals surface area (Å²) < 4.78 is 3.38. The molecule has 126 valence electrons. The third-order valence-electron chi connectivity index (χ3n) is 4.61. The number of hydrogen-bond acceptors (Lipinski definition) is 2. The van der Waals surface area contributed by atoms with E-state index in [0.717, 1.165) is 22.9 Å². The van der Waals surface area contributed by atoms with Gasteiger partial charge >= 0.3 is 0 Å². The van der Waals surface area contributed by atoms with Gasteiger partial charge in [0, 0.05) is 35.4 Å². The van der Waals surface area contributed by atoms with Crippen molar-refractivity contribution in [2.45, 2.75) is 12.8 Å². The Morgan fingerprint density at radius 2 is 1.80 bits per heavy atom. The van der Waals surface area contributed by atoms with Crippen molar-refractivity contribution < 1.29 is 4.79 Å². The van der Waals surface area contributed by atoms with Crippen LogP contribution in [0.5, 0.6) is 0 Å². The number of fused-ring (bicyclic) bond motifs is 2. The molecule has 1 amide bonds. The largest absolute Gasteiger partial charge is 0.355 e. The first-order valence-electron chi connectivity index (χ1n) is 8.47. The minimum Gasteiger partial charge on any atom is -0.355 e. The molecule has 4 aromatic rings. The van der Waals surface area contributed by atoms with Gasteiger partial charge in [0.2, 0.25) is 5.91 Å². The maximum Gasteiger partial charge on any atom is 0.224 e. The monoisotopic (exact) mass is 348 g/mol. The van der Waals surface area contributed by atoms with Gasteiger partial charge in [-0.1, -0.05) is 36.4 Å². The van der Waals surface area contributed by atoms with Gasteiger partial charge in [-0.3, -0.25) is 4.79 Å². The second-order valence-electron chi connectivity index (χ2n) is 6.32. The smallest absolute Gasteiger partial charge is 0.224 e. The van der Waals surface area contributed by atoms with E-state index in [9.17, 15) is 4.79 Å². The number of nitrogens with zero attached hydrogens (tertiary/aromatic N) is 1. The van der Waals surface area contributed by atoms with Gasteiger partial charge in [0.05, 0.1) is 6.42 Å². The van der Waals surface area contributed by atoms with Gasteiger partial charge in [0.25, 0.3) is 0 Å². The normalized spacial score (nSPS) is 11.2. The van der Waals surface area contributed by atoms with Gasteiger partial charge in [-0.15, -0.1) is 11.3 Å². The highest BCUT2D eigenvalue weighted by Gasteiger charge is 2.10. The number of nitrogens with one attached hydrogen (secondary N) is 1. The standard InChI is InChI=1S/C21H20N2OS/c1-23-13-16(17-6-2-4-8-19(17)23)12-21(24)22-11-10-15-14-25-20-9-5-3-7-18(15)20/h2-9,13-14H,10-12H2,1H3,(H,22,24). The summed E-state index contributed by atoms with van der Waals surface area (Å²) in [5.41, 5.74) is 3.55. The molecule has 25 heavy (non-hydrogen) atoms. The van der Waals surface area contributed by atoms with Gasteiger partial charge < -0.3 is 9.88 Å². The lowest BCUT2D eigenvalue weighted by Crippen LogP contribution is -2.27. The Labute approximate surface area is 150 Å². The second kappa shape index (κ2) is 6.73. The van der Waals surface area contributed by atoms with Crippen molar-refractivity contribution in [3.05, 3.63) is 71.2 Å². The topological polar surface area (TPSA) is 34.0 Å². The molecule has 0 saturated heterocycles. The average Bonchev–Trinajstić information content (AvgIpc) is 3.17. The maximum atomic E-state index is 12.3. The minimum atomic E-state index is 0.0795. The minimum absolute atomic E-state index is 0.0795. The molecular formula is C21H20N2OS. The molecule has 3 nitrogen and oxygen atoms in total. The number of carbonyl (C=O) groups is 1. The number of benzene rings is 2. The summed E-state index contributed by atoms with van der Waals surface area (Å²) in [6, 6.07) is 16.6. The summed E-state index contributed by atoms with van der Waals surface area (Å²) in [4.78, 5) is 12.3. The Balaban J connectivity index is 1.39. The van der Waals surface area contributed by atoms with Crippen LogP contribution in [0.4, 0.5) is 0 Å². The van der Waals surface area contributed by atoms with E-state index in [4.69, 9.17) is 0 Å². The highest BCUT2D eigenvalue weighted by Crippen LogP contribution is 2.25. The van der Waals surface area contributed by atoms with Crippen LogP contribution in [0.1, 0.15) is 11.1 Å². The highest BCUT2D eigenvalue weighted by atomic mass is 32.1. The molecule has 0 radical (unpaired) electrons. The molecule has 4 rings (SSSR count). The first-order valence-corrected chi connectivity index (χ1v) is 9.35. The quantitative estimate of drug-likeness (QED) is 0.573. The fourth-order valence-corrected chi connectivity index (χ4v) is 4.36. The summed E-state index contributed by atoms with van der Waals surface area (Å²) in [5, 5.41) is 7.72. The van der Waals surface area contributed by atoms with Crippen LogP contribution in [0.15, 0.2) is 60.1 Å². The Hall–Kier alpha value is -2.59. The van der Waals surface area contributed by atoms with Gasteiger partial charge in [-0.25, -0.2) is 0 Å². The summed E-state index contributed by atoms with van der Waals surface area (Å²) in [6.45, 7) is 0.671. The van der Waals surface area contributed by atoms with Gasteiger partial charge in [0.1, 0.15) is 0 Å². The van der Waals surface area contributed by atoms with E-state index in [-0.39, 0.29) is 5.91 Å². The molecule has 0 bridgehead atoms. The third-order valence-corrected chi connectivity index (χ3v) is 5.62. The molecule has 0 atom stereocenters. The van der Waals surface area contributed by atoms with Crippen LogP contribution in [0.3, 0.4) is 0 Å². The molecular weight excluding hydrogens is 328 g/mol. The maximum absolute atomic E-state index is 12.3. The van der Waals surface area contributed by atoms with Crippen LogP contribution in [-0.2, 0) is 24.7 Å². The molecule has 0 aliphatic carbocycles. The molecule has 0 saturated carbocycles. The van der Waals surface area contributed by atoms with E-state index < -0.39 is 0 Å². The molecule has 2 aromatic heterocycles. The fraction of sp³-hybridized carbons (Fsp3) is 0.190. The van der Waals surface area contributed by atoms with E-state index in [2.05, 4.69) is 57.9 Å². The van der Waals surface area contributed by atoms with Crippen molar-refractivity contribution in [3.63, 3.8) is 0 Å². The molecule has 0 fully saturated rings. The zero-order valence-corrected chi connectivity index (χ0v) is 15.0. The van der Waals surface area contributed by atoms with Crippen molar-refractivity contribution in [1.82, 2.24) is 9.88 Å². The number of hydrogen-bond donors (Lipinski definition) is 1. The number of thiophene rings is 1. The lowest BCUT2D eigenvalue weighted by atomic mass is 10.1. The number of aryl methyl sites for hydroxylation is 1. The van der Waals surface area contributed by atoms with E-state index in [1.54, 1.807) is 11.3 Å². The number of rotatable bonds is 5. The van der Waals surface area contributed by atoms with Crippen molar-refractivity contribution in [3.8, 4) is 0 Å². The molecule has 4 heteroatoms. The Morgan fingerprint density at radius 3 is 2.68 bits per heavy atom. The predicted molar refractivity (Wildman–Crippen MR) is 105 cm³/mol. The lowest BCUT2D eigenvalue weighted by molar-refractivity contribution is -0.120. The van der Waals surface area contributed by atoms with E-state index in [0.29, 0.717) is 13.0 Å². The molecule has 0 spiro atoms. The number of para-hydroxylation sites is 1. The summed E-state index contributed by atoms with van der Waals surface area (Å²) in [7, 11) is 2.02. The van der Waals surface area contributed by atoms with Crippen LogP contribution in [0.2, 0.25) is 0 Å². The lowest BCUT2D eigenvalue weighted by Gasteiger charge is -2.05. The van der Waals surface area contributed by atoms with Crippen LogP contribution < -0.4 is 5.32 Å². The second-order valence-corrected chi connectivity index (χ2v) is 7.23. The molecule has 0 aliphatic heterocycles. The fourth-order valence-electron chi connectivity index (χ4n) is 3.36. The van der Waals surface area contributed by atoms with E-state index in [1.807, 2.05) is 19.2 Å². The number of amides is 1. The van der Waals surface area contributed by atoms with Gasteiger partial charge in [0.15, 0.2) is 0 Å². The zero-order valence-electron chi connectivity index (χ0n) is 14.2. The molecule has 2 aromatic carbocycles. The molecule has 0 aliphatic rings. The predicted octanol–water partition coefficient (Wildman–Crippen LogP) is 4.29. The average molecular weight is 348 g/mol. The van der Waals surface area contributed by atoms with Crippen molar-refractivity contribution in [2.24, 2.45) is 7.05 Å². The first kappa shape index (κ1) is 15.9.